The van der Waals surface area contributed by atoms with Crippen molar-refractivity contribution >= 4 is 35.0 Å². The zero-order valence-electron chi connectivity index (χ0n) is 14.9. The van der Waals surface area contributed by atoms with Crippen LogP contribution in [0.1, 0.15) is 21.5 Å². The zero-order chi connectivity index (χ0) is 19.8. The third kappa shape index (κ3) is 3.32. The van der Waals surface area contributed by atoms with Gasteiger partial charge in [-0.2, -0.15) is 4.98 Å². The summed E-state index contributed by atoms with van der Waals surface area (Å²) in [6, 6.07) is 11.2. The van der Waals surface area contributed by atoms with E-state index in [1.807, 2.05) is 6.07 Å². The first kappa shape index (κ1) is 18.1. The van der Waals surface area contributed by atoms with Crippen molar-refractivity contribution in [3.8, 4) is 11.1 Å². The number of hydrogen-bond acceptors (Lipinski definition) is 6. The van der Waals surface area contributed by atoms with Crippen molar-refractivity contribution in [3.63, 3.8) is 0 Å². The van der Waals surface area contributed by atoms with Crippen LogP contribution in [0, 0.1) is 0 Å². The van der Waals surface area contributed by atoms with Crippen molar-refractivity contribution < 1.29 is 9.90 Å². The first-order valence-electron chi connectivity index (χ1n) is 8.70. The minimum atomic E-state index is -1.04. The lowest BCUT2D eigenvalue weighted by Gasteiger charge is -2.20. The minimum Gasteiger partial charge on any atom is -0.478 e. The topological polar surface area (TPSA) is 118 Å². The zero-order valence-corrected chi connectivity index (χ0v) is 15.6. The van der Waals surface area contributed by atoms with Crippen LogP contribution in [0.25, 0.3) is 11.1 Å². The third-order valence-corrected chi connectivity index (χ3v) is 5.19. The molecule has 2 heterocycles. The SMILES string of the molecule is Nc1ncc(CN2CCc3cc(-c4ccc(C(=O)O)c(Cl)c4)ccc32)c(N)n1. The molecule has 0 aliphatic carbocycles. The van der Waals surface area contributed by atoms with Crippen molar-refractivity contribution in [1.29, 1.82) is 0 Å². The lowest BCUT2D eigenvalue weighted by Crippen LogP contribution is -2.21. The Morgan fingerprint density at radius 2 is 1.93 bits per heavy atom. The standard InChI is InChI=1S/C20H18ClN5O2/c21-16-8-12(1-3-15(16)19(27)28)11-2-4-17-13(7-11)5-6-26(17)10-14-9-24-20(23)25-18(14)22/h1-4,7-9H,5-6,10H2,(H,27,28)(H4,22,23,24,25). The number of carboxylic acids is 1. The molecule has 8 heteroatoms. The Balaban J connectivity index is 1.60. The van der Waals surface area contributed by atoms with Crippen molar-refractivity contribution in [2.45, 2.75) is 13.0 Å². The third-order valence-electron chi connectivity index (χ3n) is 4.88. The Hall–Kier alpha value is -3.32. The second kappa shape index (κ2) is 7.01. The molecule has 142 valence electrons. The van der Waals surface area contributed by atoms with Gasteiger partial charge in [-0.15, -0.1) is 0 Å². The van der Waals surface area contributed by atoms with E-state index in [0.717, 1.165) is 35.3 Å². The highest BCUT2D eigenvalue weighted by Gasteiger charge is 2.21. The number of nitrogens with zero attached hydrogens (tertiary/aromatic N) is 3. The fourth-order valence-corrected chi connectivity index (χ4v) is 3.71. The summed E-state index contributed by atoms with van der Waals surface area (Å²) >= 11 is 6.11. The number of halogens is 1. The molecule has 0 unspecified atom stereocenters. The maximum absolute atomic E-state index is 11.1. The highest BCUT2D eigenvalue weighted by molar-refractivity contribution is 6.33. The van der Waals surface area contributed by atoms with E-state index in [0.29, 0.717) is 12.4 Å². The van der Waals surface area contributed by atoms with Gasteiger partial charge in [0.15, 0.2) is 0 Å². The molecule has 0 spiro atoms. The number of hydrogen-bond donors (Lipinski definition) is 3. The molecule has 0 atom stereocenters. The van der Waals surface area contributed by atoms with Crippen LogP contribution in [0.2, 0.25) is 5.02 Å². The fraction of sp³-hybridized carbons (Fsp3) is 0.150. The van der Waals surface area contributed by atoms with E-state index in [2.05, 4.69) is 27.0 Å². The van der Waals surface area contributed by atoms with Gasteiger partial charge in [0.05, 0.1) is 10.6 Å². The smallest absolute Gasteiger partial charge is 0.337 e. The first-order valence-corrected chi connectivity index (χ1v) is 9.08. The largest absolute Gasteiger partial charge is 0.478 e. The van der Waals surface area contributed by atoms with E-state index in [4.69, 9.17) is 28.2 Å². The van der Waals surface area contributed by atoms with E-state index >= 15 is 0 Å². The molecule has 1 aromatic heterocycles. The Morgan fingerprint density at radius 3 is 2.64 bits per heavy atom. The molecule has 2 aromatic carbocycles. The van der Waals surface area contributed by atoms with Gasteiger partial charge in [0.2, 0.25) is 5.95 Å². The summed E-state index contributed by atoms with van der Waals surface area (Å²) < 4.78 is 0. The monoisotopic (exact) mass is 395 g/mol. The summed E-state index contributed by atoms with van der Waals surface area (Å²) in [5.74, 6) is -0.474. The quantitative estimate of drug-likeness (QED) is 0.620. The number of nitrogens with two attached hydrogens (primary N) is 2. The summed E-state index contributed by atoms with van der Waals surface area (Å²) in [4.78, 5) is 21.4. The van der Waals surface area contributed by atoms with E-state index in [-0.39, 0.29) is 16.5 Å². The molecule has 0 amide bonds. The van der Waals surface area contributed by atoms with Gasteiger partial charge in [0.1, 0.15) is 5.82 Å². The number of aromatic carboxylic acids is 1. The van der Waals surface area contributed by atoms with Crippen molar-refractivity contribution in [3.05, 3.63) is 64.3 Å². The molecular formula is C20H18ClN5O2. The van der Waals surface area contributed by atoms with Crippen molar-refractivity contribution in [1.82, 2.24) is 9.97 Å². The average molecular weight is 396 g/mol. The second-order valence-electron chi connectivity index (χ2n) is 6.65. The Labute approximate surface area is 166 Å². The summed E-state index contributed by atoms with van der Waals surface area (Å²) in [6.45, 7) is 1.47. The van der Waals surface area contributed by atoms with Gasteiger partial charge in [0.25, 0.3) is 0 Å². The van der Waals surface area contributed by atoms with Gasteiger partial charge in [-0.1, -0.05) is 23.7 Å². The van der Waals surface area contributed by atoms with Gasteiger partial charge in [0, 0.05) is 30.5 Å². The van der Waals surface area contributed by atoms with Crippen LogP contribution >= 0.6 is 11.6 Å². The number of benzene rings is 2. The van der Waals surface area contributed by atoms with Gasteiger partial charge in [-0.25, -0.2) is 9.78 Å². The van der Waals surface area contributed by atoms with E-state index < -0.39 is 5.97 Å². The molecule has 1 aliphatic heterocycles. The lowest BCUT2D eigenvalue weighted by molar-refractivity contribution is 0.0697. The van der Waals surface area contributed by atoms with Crippen molar-refractivity contribution in [2.24, 2.45) is 0 Å². The number of anilines is 3. The molecule has 28 heavy (non-hydrogen) atoms. The highest BCUT2D eigenvalue weighted by atomic mass is 35.5. The van der Waals surface area contributed by atoms with Crippen LogP contribution in [0.15, 0.2) is 42.6 Å². The van der Waals surface area contributed by atoms with Gasteiger partial charge in [-0.3, -0.25) is 0 Å². The van der Waals surface area contributed by atoms with Gasteiger partial charge in [-0.05, 0) is 47.4 Å². The molecule has 0 radical (unpaired) electrons. The van der Waals surface area contributed by atoms with Crippen LogP contribution in [0.5, 0.6) is 0 Å². The molecule has 0 saturated carbocycles. The fourth-order valence-electron chi connectivity index (χ4n) is 3.44. The Morgan fingerprint density at radius 1 is 1.18 bits per heavy atom. The minimum absolute atomic E-state index is 0.0982. The molecule has 0 bridgehead atoms. The predicted octanol–water partition coefficient (Wildman–Crippen LogP) is 3.22. The van der Waals surface area contributed by atoms with Crippen LogP contribution < -0.4 is 16.4 Å². The summed E-state index contributed by atoms with van der Waals surface area (Å²) in [5.41, 5.74) is 16.7. The van der Waals surface area contributed by atoms with Gasteiger partial charge < -0.3 is 21.5 Å². The summed E-state index contributed by atoms with van der Waals surface area (Å²) in [5, 5.41) is 9.35. The van der Waals surface area contributed by atoms with E-state index in [9.17, 15) is 4.79 Å². The number of rotatable bonds is 4. The summed E-state index contributed by atoms with van der Waals surface area (Å²) in [6.07, 6.45) is 2.57. The lowest BCUT2D eigenvalue weighted by atomic mass is 10.0. The Kier molecular flexibility index (Phi) is 4.52. The Bertz CT molecular complexity index is 1090. The van der Waals surface area contributed by atoms with E-state index in [1.165, 1.54) is 11.6 Å². The molecular weight excluding hydrogens is 378 g/mol. The molecule has 0 saturated heterocycles. The number of fused-ring (bicyclic) bond motifs is 1. The number of aromatic nitrogens is 2. The number of carbonyl (C=O) groups is 1. The molecule has 5 N–H and O–H groups in total. The average Bonchev–Trinajstić information content (AvgIpc) is 3.05. The molecule has 7 nitrogen and oxygen atoms in total. The van der Waals surface area contributed by atoms with Gasteiger partial charge >= 0.3 is 5.97 Å². The molecule has 1 aliphatic rings. The van der Waals surface area contributed by atoms with Crippen LogP contribution in [0.4, 0.5) is 17.5 Å². The van der Waals surface area contributed by atoms with Crippen LogP contribution in [-0.4, -0.2) is 27.6 Å². The van der Waals surface area contributed by atoms with E-state index in [1.54, 1.807) is 18.3 Å². The molecule has 3 aromatic rings. The maximum Gasteiger partial charge on any atom is 0.337 e. The number of nitrogen functional groups attached to an aromatic ring is 2. The number of carboxylic acid groups (broad SMARTS) is 1. The van der Waals surface area contributed by atoms with Crippen LogP contribution in [-0.2, 0) is 13.0 Å². The van der Waals surface area contributed by atoms with Crippen molar-refractivity contribution in [2.75, 3.05) is 22.9 Å². The maximum atomic E-state index is 11.1. The predicted molar refractivity (Wildman–Crippen MR) is 109 cm³/mol. The second-order valence-corrected chi connectivity index (χ2v) is 7.06. The first-order chi connectivity index (χ1) is 13.4. The van der Waals surface area contributed by atoms with Crippen LogP contribution in [0.3, 0.4) is 0 Å². The molecule has 0 fully saturated rings. The molecule has 4 rings (SSSR count). The normalized spacial score (nSPS) is 12.8. The summed E-state index contributed by atoms with van der Waals surface area (Å²) in [7, 11) is 0. The highest BCUT2D eigenvalue weighted by Crippen LogP contribution is 2.34.